The number of nitrogens with one attached hydrogen (secondary N) is 1. The summed E-state index contributed by atoms with van der Waals surface area (Å²) < 4.78 is 54.0. The Morgan fingerprint density at radius 1 is 1.11 bits per heavy atom. The molecule has 0 saturated carbocycles. The molecule has 2 heterocycles. The minimum Gasteiger partial charge on any atom is -0.497 e. The Hall–Kier alpha value is -3.86. The Bertz CT molecular complexity index is 1310. The van der Waals surface area contributed by atoms with E-state index >= 15 is 0 Å². The van der Waals surface area contributed by atoms with Gasteiger partial charge in [-0.15, -0.1) is 0 Å². The number of rotatable bonds is 11. The lowest BCUT2D eigenvalue weighted by atomic mass is 10.1. The third-order valence-electron chi connectivity index (χ3n) is 5.50. The van der Waals surface area contributed by atoms with Crippen LogP contribution in [0.4, 0.5) is 18.3 Å². The summed E-state index contributed by atoms with van der Waals surface area (Å²) >= 11 is 1.23. The normalized spacial score (nSPS) is 11.4. The fourth-order valence-corrected chi connectivity index (χ4v) is 4.34. The third-order valence-corrected chi connectivity index (χ3v) is 6.32. The SMILES string of the molecule is COc1cccc(Cc2nsc(N(CCC(=O)NCc3cccc(C(F)(F)F)c3)Cc3ccco3)n2)c1. The van der Waals surface area contributed by atoms with Gasteiger partial charge < -0.3 is 19.4 Å². The molecule has 0 atom stereocenters. The van der Waals surface area contributed by atoms with E-state index in [0.29, 0.717) is 41.8 Å². The van der Waals surface area contributed by atoms with Crippen molar-refractivity contribution in [2.75, 3.05) is 18.6 Å². The summed E-state index contributed by atoms with van der Waals surface area (Å²) in [4.78, 5) is 19.1. The molecule has 4 rings (SSSR count). The largest absolute Gasteiger partial charge is 0.497 e. The fourth-order valence-electron chi connectivity index (χ4n) is 3.63. The molecule has 0 bridgehead atoms. The fraction of sp³-hybridized carbons (Fsp3) is 0.269. The van der Waals surface area contributed by atoms with Crippen LogP contribution in [0, 0.1) is 0 Å². The smallest absolute Gasteiger partial charge is 0.416 e. The Kier molecular flexibility index (Phi) is 8.44. The topological polar surface area (TPSA) is 80.5 Å². The summed E-state index contributed by atoms with van der Waals surface area (Å²) in [5.74, 6) is 1.81. The van der Waals surface area contributed by atoms with Crippen LogP contribution in [0.1, 0.15) is 34.7 Å². The van der Waals surface area contributed by atoms with Gasteiger partial charge in [-0.05, 0) is 47.5 Å². The molecule has 0 fully saturated rings. The van der Waals surface area contributed by atoms with Gasteiger partial charge >= 0.3 is 6.18 Å². The van der Waals surface area contributed by atoms with E-state index in [0.717, 1.165) is 23.4 Å². The number of halogens is 3. The Morgan fingerprint density at radius 3 is 2.68 bits per heavy atom. The van der Waals surface area contributed by atoms with Crippen molar-refractivity contribution in [3.8, 4) is 5.75 Å². The predicted octanol–water partition coefficient (Wildman–Crippen LogP) is 5.46. The first-order valence-corrected chi connectivity index (χ1v) is 12.2. The highest BCUT2D eigenvalue weighted by Gasteiger charge is 2.30. The van der Waals surface area contributed by atoms with E-state index in [1.165, 1.54) is 17.6 Å². The van der Waals surface area contributed by atoms with E-state index in [1.807, 2.05) is 35.2 Å². The van der Waals surface area contributed by atoms with E-state index in [9.17, 15) is 18.0 Å². The number of alkyl halides is 3. The van der Waals surface area contributed by atoms with Crippen LogP contribution in [0.3, 0.4) is 0 Å². The average Bonchev–Trinajstić information content (AvgIpc) is 3.57. The van der Waals surface area contributed by atoms with Crippen molar-refractivity contribution in [1.82, 2.24) is 14.7 Å². The average molecular weight is 531 g/mol. The summed E-state index contributed by atoms with van der Waals surface area (Å²) in [6.45, 7) is 0.717. The van der Waals surface area contributed by atoms with Crippen molar-refractivity contribution in [3.63, 3.8) is 0 Å². The van der Waals surface area contributed by atoms with Gasteiger partial charge in [-0.3, -0.25) is 4.79 Å². The molecule has 2 aromatic carbocycles. The van der Waals surface area contributed by atoms with Crippen molar-refractivity contribution in [2.24, 2.45) is 0 Å². The van der Waals surface area contributed by atoms with Gasteiger partial charge in [0.1, 0.15) is 17.3 Å². The summed E-state index contributed by atoms with van der Waals surface area (Å²) in [6.07, 6.45) is -2.21. The lowest BCUT2D eigenvalue weighted by Crippen LogP contribution is -2.30. The highest BCUT2D eigenvalue weighted by atomic mass is 32.1. The van der Waals surface area contributed by atoms with Gasteiger partial charge in [-0.2, -0.15) is 17.5 Å². The third kappa shape index (κ3) is 7.56. The molecule has 0 aliphatic carbocycles. The molecule has 1 amide bonds. The first-order valence-electron chi connectivity index (χ1n) is 11.5. The number of benzene rings is 2. The quantitative estimate of drug-likeness (QED) is 0.277. The molecule has 1 N–H and O–H groups in total. The second kappa shape index (κ2) is 11.9. The molecular formula is C26H25F3N4O3S. The summed E-state index contributed by atoms with van der Waals surface area (Å²) in [5.41, 5.74) is 0.641. The predicted molar refractivity (Wildman–Crippen MR) is 133 cm³/mol. The lowest BCUT2D eigenvalue weighted by molar-refractivity contribution is -0.137. The number of nitrogens with zero attached hydrogens (tertiary/aromatic N) is 3. The van der Waals surface area contributed by atoms with Crippen LogP contribution < -0.4 is 15.0 Å². The first kappa shape index (κ1) is 26.2. The van der Waals surface area contributed by atoms with E-state index < -0.39 is 11.7 Å². The van der Waals surface area contributed by atoms with Crippen LogP contribution in [-0.2, 0) is 30.5 Å². The zero-order valence-corrected chi connectivity index (χ0v) is 20.8. The van der Waals surface area contributed by atoms with Crippen LogP contribution in [0.2, 0.25) is 0 Å². The van der Waals surface area contributed by atoms with Crippen LogP contribution >= 0.6 is 11.5 Å². The molecule has 7 nitrogen and oxygen atoms in total. The summed E-state index contributed by atoms with van der Waals surface area (Å²) in [5, 5.41) is 3.33. The Labute approximate surface area is 216 Å². The van der Waals surface area contributed by atoms with Crippen molar-refractivity contribution in [1.29, 1.82) is 0 Å². The van der Waals surface area contributed by atoms with Crippen LogP contribution in [0.15, 0.2) is 71.3 Å². The molecule has 4 aromatic rings. The van der Waals surface area contributed by atoms with Crippen molar-refractivity contribution < 1.29 is 27.1 Å². The number of ether oxygens (including phenoxy) is 1. The number of methoxy groups -OCH3 is 1. The van der Waals surface area contributed by atoms with Gasteiger partial charge in [0.25, 0.3) is 0 Å². The number of aromatic nitrogens is 2. The molecule has 2 aromatic heterocycles. The van der Waals surface area contributed by atoms with Gasteiger partial charge in [0.15, 0.2) is 0 Å². The summed E-state index contributed by atoms with van der Waals surface area (Å²) in [7, 11) is 1.61. The number of furan rings is 1. The van der Waals surface area contributed by atoms with Gasteiger partial charge in [-0.25, -0.2) is 4.98 Å². The van der Waals surface area contributed by atoms with Crippen molar-refractivity contribution in [3.05, 3.63) is 95.2 Å². The van der Waals surface area contributed by atoms with Crippen LogP contribution in [0.25, 0.3) is 0 Å². The van der Waals surface area contributed by atoms with Crippen LogP contribution in [-0.4, -0.2) is 28.9 Å². The number of anilines is 1. The highest BCUT2D eigenvalue weighted by Crippen LogP contribution is 2.29. The molecular weight excluding hydrogens is 505 g/mol. The van der Waals surface area contributed by atoms with E-state index in [-0.39, 0.29) is 18.9 Å². The maximum Gasteiger partial charge on any atom is 0.416 e. The number of carbonyl (C=O) groups is 1. The van der Waals surface area contributed by atoms with E-state index in [2.05, 4.69) is 14.7 Å². The molecule has 0 saturated heterocycles. The molecule has 0 aliphatic rings. The molecule has 0 radical (unpaired) electrons. The summed E-state index contributed by atoms with van der Waals surface area (Å²) in [6, 6.07) is 16.2. The van der Waals surface area contributed by atoms with Gasteiger partial charge in [0.05, 0.1) is 25.5 Å². The Balaban J connectivity index is 1.38. The van der Waals surface area contributed by atoms with Crippen LogP contribution in [0.5, 0.6) is 5.75 Å². The van der Waals surface area contributed by atoms with Gasteiger partial charge in [0.2, 0.25) is 11.0 Å². The maximum absolute atomic E-state index is 12.9. The minimum absolute atomic E-state index is 0.00440. The second-order valence-electron chi connectivity index (χ2n) is 8.25. The first-order chi connectivity index (χ1) is 17.8. The molecule has 0 spiro atoms. The van der Waals surface area contributed by atoms with Crippen molar-refractivity contribution in [2.45, 2.75) is 32.1 Å². The zero-order valence-electron chi connectivity index (χ0n) is 20.0. The molecule has 37 heavy (non-hydrogen) atoms. The second-order valence-corrected chi connectivity index (χ2v) is 8.98. The van der Waals surface area contributed by atoms with E-state index in [4.69, 9.17) is 9.15 Å². The number of hydrogen-bond acceptors (Lipinski definition) is 7. The van der Waals surface area contributed by atoms with Crippen molar-refractivity contribution >= 4 is 22.6 Å². The number of amides is 1. The monoisotopic (exact) mass is 530 g/mol. The zero-order chi connectivity index (χ0) is 26.3. The van der Waals surface area contributed by atoms with E-state index in [1.54, 1.807) is 25.5 Å². The lowest BCUT2D eigenvalue weighted by Gasteiger charge is -2.20. The minimum atomic E-state index is -4.43. The van der Waals surface area contributed by atoms with Gasteiger partial charge in [0, 0.05) is 37.5 Å². The molecule has 11 heteroatoms. The van der Waals surface area contributed by atoms with Gasteiger partial charge in [-0.1, -0.05) is 24.3 Å². The molecule has 194 valence electrons. The molecule has 0 unspecified atom stereocenters. The standard InChI is InChI=1S/C26H25F3N4O3S/c1-35-21-8-3-5-18(14-21)15-23-31-25(37-32-23)33(17-22-9-4-12-36-22)11-10-24(34)30-16-19-6-2-7-20(13-19)26(27,28)29/h2-9,12-14H,10-11,15-17H2,1H3,(H,30,34). The highest BCUT2D eigenvalue weighted by molar-refractivity contribution is 7.09. The molecule has 0 aliphatic heterocycles. The number of hydrogen-bond donors (Lipinski definition) is 1. The maximum atomic E-state index is 12.9. The Morgan fingerprint density at radius 2 is 1.92 bits per heavy atom. The number of carbonyl (C=O) groups excluding carboxylic acids is 1.